The second-order valence-electron chi connectivity index (χ2n) is 4.48. The summed E-state index contributed by atoms with van der Waals surface area (Å²) in [5.74, 6) is 1.74. The Labute approximate surface area is 135 Å². The molecule has 2 aromatic rings. The monoisotopic (exact) mass is 322 g/mol. The van der Waals surface area contributed by atoms with E-state index in [0.717, 1.165) is 23.1 Å². The molecule has 0 amide bonds. The van der Waals surface area contributed by atoms with Crippen LogP contribution in [0.4, 0.5) is 0 Å². The third-order valence-electron chi connectivity index (χ3n) is 3.08. The number of halogens is 1. The Morgan fingerprint density at radius 1 is 1.29 bits per heavy atom. The van der Waals surface area contributed by atoms with E-state index in [0.29, 0.717) is 5.02 Å². The molecular weight excluding hydrogens is 304 g/mol. The van der Waals surface area contributed by atoms with Gasteiger partial charge in [-0.15, -0.1) is 11.8 Å². The van der Waals surface area contributed by atoms with Gasteiger partial charge in [0.1, 0.15) is 10.8 Å². The predicted octanol–water partition coefficient (Wildman–Crippen LogP) is 4.19. The van der Waals surface area contributed by atoms with Crippen LogP contribution in [-0.4, -0.2) is 24.4 Å². The highest BCUT2D eigenvalue weighted by atomic mass is 35.5. The van der Waals surface area contributed by atoms with Gasteiger partial charge >= 0.3 is 0 Å². The Morgan fingerprint density at radius 2 is 2.05 bits per heavy atom. The molecule has 1 aromatic heterocycles. The van der Waals surface area contributed by atoms with Crippen LogP contribution in [0.1, 0.15) is 18.5 Å². The summed E-state index contributed by atoms with van der Waals surface area (Å²) in [4.78, 5) is 4.31. The Kier molecular flexibility index (Phi) is 6.36. The molecule has 1 unspecified atom stereocenters. The van der Waals surface area contributed by atoms with Gasteiger partial charge in [0.25, 0.3) is 0 Å². The quantitative estimate of drug-likeness (QED) is 0.775. The summed E-state index contributed by atoms with van der Waals surface area (Å²) in [5, 5.41) is 5.07. The van der Waals surface area contributed by atoms with E-state index in [1.165, 1.54) is 5.56 Å². The minimum Gasteiger partial charge on any atom is -0.497 e. The molecule has 0 fully saturated rings. The molecule has 5 heteroatoms. The smallest absolute Gasteiger partial charge is 0.118 e. The molecule has 0 radical (unpaired) electrons. The SMILES string of the molecule is CCNC(CSc1ncccc1Cl)c1ccc(OC)cc1. The molecule has 2 rings (SSSR count). The van der Waals surface area contributed by atoms with Crippen molar-refractivity contribution >= 4 is 23.4 Å². The van der Waals surface area contributed by atoms with Gasteiger partial charge < -0.3 is 10.1 Å². The highest BCUT2D eigenvalue weighted by molar-refractivity contribution is 7.99. The molecular formula is C16H19ClN2OS. The van der Waals surface area contributed by atoms with E-state index >= 15 is 0 Å². The fourth-order valence-corrected chi connectivity index (χ4v) is 3.26. The van der Waals surface area contributed by atoms with Gasteiger partial charge in [0.05, 0.1) is 12.1 Å². The van der Waals surface area contributed by atoms with E-state index in [4.69, 9.17) is 16.3 Å². The van der Waals surface area contributed by atoms with Crippen molar-refractivity contribution in [2.75, 3.05) is 19.4 Å². The second-order valence-corrected chi connectivity index (χ2v) is 5.90. The molecule has 0 saturated carbocycles. The number of ether oxygens (including phenoxy) is 1. The van der Waals surface area contributed by atoms with Gasteiger partial charge in [-0.1, -0.05) is 30.7 Å². The zero-order valence-electron chi connectivity index (χ0n) is 12.2. The van der Waals surface area contributed by atoms with E-state index in [1.54, 1.807) is 25.1 Å². The fourth-order valence-electron chi connectivity index (χ4n) is 2.00. The molecule has 21 heavy (non-hydrogen) atoms. The minimum atomic E-state index is 0.254. The van der Waals surface area contributed by atoms with Gasteiger partial charge in [0.15, 0.2) is 0 Å². The van der Waals surface area contributed by atoms with Crippen molar-refractivity contribution in [2.45, 2.75) is 18.0 Å². The maximum atomic E-state index is 6.15. The van der Waals surface area contributed by atoms with Crippen LogP contribution in [0.15, 0.2) is 47.6 Å². The molecule has 0 aliphatic rings. The molecule has 3 nitrogen and oxygen atoms in total. The highest BCUT2D eigenvalue weighted by Crippen LogP contribution is 2.28. The lowest BCUT2D eigenvalue weighted by Crippen LogP contribution is -2.22. The number of methoxy groups -OCH3 is 1. The molecule has 0 spiro atoms. The summed E-state index contributed by atoms with van der Waals surface area (Å²) in [6, 6.07) is 12.1. The van der Waals surface area contributed by atoms with Crippen molar-refractivity contribution < 1.29 is 4.74 Å². The first-order chi connectivity index (χ1) is 10.2. The van der Waals surface area contributed by atoms with Gasteiger partial charge in [-0.25, -0.2) is 4.98 Å². The van der Waals surface area contributed by atoms with Crippen molar-refractivity contribution in [2.24, 2.45) is 0 Å². The third-order valence-corrected chi connectivity index (χ3v) is 4.60. The number of hydrogen-bond donors (Lipinski definition) is 1. The molecule has 0 saturated heterocycles. The molecule has 1 heterocycles. The van der Waals surface area contributed by atoms with E-state index in [1.807, 2.05) is 24.3 Å². The van der Waals surface area contributed by atoms with Gasteiger partial charge in [-0.05, 0) is 36.4 Å². The molecule has 112 valence electrons. The first-order valence-corrected chi connectivity index (χ1v) is 8.21. The van der Waals surface area contributed by atoms with Crippen LogP contribution in [0.3, 0.4) is 0 Å². The summed E-state index contributed by atoms with van der Waals surface area (Å²) >= 11 is 7.81. The van der Waals surface area contributed by atoms with Crippen molar-refractivity contribution in [1.29, 1.82) is 0 Å². The molecule has 0 aliphatic heterocycles. The standard InChI is InChI=1S/C16H19ClN2OS/c1-3-18-15(12-6-8-13(20-2)9-7-12)11-21-16-14(17)5-4-10-19-16/h4-10,15,18H,3,11H2,1-2H3. The Balaban J connectivity index is 2.06. The van der Waals surface area contributed by atoms with Crippen molar-refractivity contribution in [3.8, 4) is 5.75 Å². The van der Waals surface area contributed by atoms with E-state index < -0.39 is 0 Å². The lowest BCUT2D eigenvalue weighted by Gasteiger charge is -2.18. The van der Waals surface area contributed by atoms with E-state index in [9.17, 15) is 0 Å². The Hall–Kier alpha value is -1.23. The number of thioether (sulfide) groups is 1. The van der Waals surface area contributed by atoms with Crippen LogP contribution < -0.4 is 10.1 Å². The van der Waals surface area contributed by atoms with E-state index in [-0.39, 0.29) is 6.04 Å². The van der Waals surface area contributed by atoms with E-state index in [2.05, 4.69) is 29.4 Å². The Morgan fingerprint density at radius 3 is 2.67 bits per heavy atom. The zero-order chi connectivity index (χ0) is 15.1. The Bertz CT molecular complexity index is 562. The zero-order valence-corrected chi connectivity index (χ0v) is 13.7. The number of nitrogens with one attached hydrogen (secondary N) is 1. The van der Waals surface area contributed by atoms with Crippen molar-refractivity contribution in [3.63, 3.8) is 0 Å². The number of benzene rings is 1. The highest BCUT2D eigenvalue weighted by Gasteiger charge is 2.12. The molecule has 0 bridgehead atoms. The normalized spacial score (nSPS) is 12.1. The van der Waals surface area contributed by atoms with Crippen LogP contribution in [0.2, 0.25) is 5.02 Å². The summed E-state index contributed by atoms with van der Waals surface area (Å²) in [6.45, 7) is 3.02. The summed E-state index contributed by atoms with van der Waals surface area (Å²) < 4.78 is 5.20. The number of rotatable bonds is 7. The summed E-state index contributed by atoms with van der Waals surface area (Å²) in [6.07, 6.45) is 1.77. The van der Waals surface area contributed by atoms with Gasteiger partial charge in [0, 0.05) is 18.0 Å². The largest absolute Gasteiger partial charge is 0.497 e. The second kappa shape index (κ2) is 8.27. The molecule has 0 aliphatic carbocycles. The van der Waals surface area contributed by atoms with Gasteiger partial charge in [-0.2, -0.15) is 0 Å². The van der Waals surface area contributed by atoms with Gasteiger partial charge in [-0.3, -0.25) is 0 Å². The average Bonchev–Trinajstić information content (AvgIpc) is 2.53. The maximum Gasteiger partial charge on any atom is 0.118 e. The average molecular weight is 323 g/mol. The maximum absolute atomic E-state index is 6.15. The molecule has 1 aromatic carbocycles. The third kappa shape index (κ3) is 4.63. The number of pyridine rings is 1. The predicted molar refractivity (Wildman–Crippen MR) is 89.4 cm³/mol. The van der Waals surface area contributed by atoms with Crippen molar-refractivity contribution in [1.82, 2.24) is 10.3 Å². The van der Waals surface area contributed by atoms with Crippen LogP contribution >= 0.6 is 23.4 Å². The van der Waals surface area contributed by atoms with Crippen LogP contribution in [0.25, 0.3) is 0 Å². The van der Waals surface area contributed by atoms with Crippen LogP contribution in [0, 0.1) is 0 Å². The first kappa shape index (κ1) is 16.1. The van der Waals surface area contributed by atoms with Crippen LogP contribution in [-0.2, 0) is 0 Å². The number of nitrogens with zero attached hydrogens (tertiary/aromatic N) is 1. The topological polar surface area (TPSA) is 34.2 Å². The van der Waals surface area contributed by atoms with Crippen LogP contribution in [0.5, 0.6) is 5.75 Å². The number of hydrogen-bond acceptors (Lipinski definition) is 4. The van der Waals surface area contributed by atoms with Gasteiger partial charge in [0.2, 0.25) is 0 Å². The molecule has 1 atom stereocenters. The van der Waals surface area contributed by atoms with Crippen molar-refractivity contribution in [3.05, 3.63) is 53.2 Å². The minimum absolute atomic E-state index is 0.254. The number of aromatic nitrogens is 1. The lowest BCUT2D eigenvalue weighted by atomic mass is 10.1. The first-order valence-electron chi connectivity index (χ1n) is 6.85. The molecule has 1 N–H and O–H groups in total. The summed E-state index contributed by atoms with van der Waals surface area (Å²) in [7, 11) is 1.68. The lowest BCUT2D eigenvalue weighted by molar-refractivity contribution is 0.414. The fraction of sp³-hybridized carbons (Fsp3) is 0.312. The summed E-state index contributed by atoms with van der Waals surface area (Å²) in [5.41, 5.74) is 1.23.